The van der Waals surface area contributed by atoms with Crippen LogP contribution in [0.15, 0.2) is 18.3 Å². The van der Waals surface area contributed by atoms with Crippen molar-refractivity contribution in [1.82, 2.24) is 20.6 Å². The zero-order valence-electron chi connectivity index (χ0n) is 18.4. The Bertz CT molecular complexity index is 931. The second-order valence-electron chi connectivity index (χ2n) is 9.02. The number of nitrogens with zero attached hydrogens (tertiary/aromatic N) is 2. The van der Waals surface area contributed by atoms with Gasteiger partial charge in [0.15, 0.2) is 0 Å². The molecule has 166 valence electrons. The number of carbonyl (C=O) groups excluding carboxylic acids is 2. The standard InChI is InChI=1S/C24H32N4O2S/c1-15-20(13-25-16(2)27-15)23(29)28-21(18-6-4-3-5-7-18)14-26-24(30)22-11-10-19(31-22)12-17-8-9-17/h10-11,13,17-18,21H,3-9,12,14H2,1-2H3,(H,26,30)(H,28,29). The lowest BCUT2D eigenvalue weighted by Gasteiger charge is -2.31. The van der Waals surface area contributed by atoms with Crippen LogP contribution in [-0.2, 0) is 6.42 Å². The fourth-order valence-corrected chi connectivity index (χ4v) is 5.47. The Kier molecular flexibility index (Phi) is 7.00. The van der Waals surface area contributed by atoms with Crippen molar-refractivity contribution in [3.05, 3.63) is 45.2 Å². The minimum absolute atomic E-state index is 0.0445. The summed E-state index contributed by atoms with van der Waals surface area (Å²) in [5.74, 6) is 1.64. The van der Waals surface area contributed by atoms with Crippen molar-refractivity contribution in [3.8, 4) is 0 Å². The quantitative estimate of drug-likeness (QED) is 0.644. The number of rotatable bonds is 8. The number of amides is 2. The Labute approximate surface area is 188 Å². The van der Waals surface area contributed by atoms with E-state index in [0.717, 1.165) is 30.1 Å². The molecule has 2 aromatic heterocycles. The molecule has 0 saturated heterocycles. The first-order valence-corrected chi connectivity index (χ1v) is 12.3. The zero-order valence-corrected chi connectivity index (χ0v) is 19.3. The molecule has 2 fully saturated rings. The number of carbonyl (C=O) groups is 2. The monoisotopic (exact) mass is 440 g/mol. The minimum atomic E-state index is -0.162. The van der Waals surface area contributed by atoms with Crippen molar-refractivity contribution in [1.29, 1.82) is 0 Å². The van der Waals surface area contributed by atoms with Gasteiger partial charge in [-0.15, -0.1) is 11.3 Å². The van der Waals surface area contributed by atoms with Crippen LogP contribution in [0.4, 0.5) is 0 Å². The first kappa shape index (κ1) is 21.9. The lowest BCUT2D eigenvalue weighted by molar-refractivity contribution is 0.0883. The molecule has 0 aliphatic heterocycles. The molecule has 2 saturated carbocycles. The molecule has 2 aliphatic rings. The van der Waals surface area contributed by atoms with Gasteiger partial charge in [0, 0.05) is 23.7 Å². The average Bonchev–Trinajstić information content (AvgIpc) is 3.45. The molecule has 2 N–H and O–H groups in total. The molecule has 31 heavy (non-hydrogen) atoms. The Morgan fingerprint density at radius 3 is 2.58 bits per heavy atom. The topological polar surface area (TPSA) is 84.0 Å². The van der Waals surface area contributed by atoms with Crippen LogP contribution in [-0.4, -0.2) is 34.4 Å². The third-order valence-corrected chi connectivity index (χ3v) is 7.54. The van der Waals surface area contributed by atoms with Crippen molar-refractivity contribution in [3.63, 3.8) is 0 Å². The molecule has 4 rings (SSSR count). The predicted molar refractivity (Wildman–Crippen MR) is 122 cm³/mol. The summed E-state index contributed by atoms with van der Waals surface area (Å²) in [6.07, 6.45) is 11.1. The number of aryl methyl sites for hydroxylation is 2. The largest absolute Gasteiger partial charge is 0.349 e. The van der Waals surface area contributed by atoms with E-state index in [0.29, 0.717) is 29.5 Å². The molecule has 0 radical (unpaired) electrons. The summed E-state index contributed by atoms with van der Waals surface area (Å²) >= 11 is 1.59. The lowest BCUT2D eigenvalue weighted by Crippen LogP contribution is -2.48. The number of nitrogens with one attached hydrogen (secondary N) is 2. The molecule has 0 aromatic carbocycles. The van der Waals surface area contributed by atoms with Gasteiger partial charge in [-0.25, -0.2) is 9.97 Å². The highest BCUT2D eigenvalue weighted by molar-refractivity contribution is 7.14. The fourth-order valence-electron chi connectivity index (χ4n) is 4.43. The molecule has 2 amide bonds. The van der Waals surface area contributed by atoms with Crippen LogP contribution in [0, 0.1) is 25.7 Å². The molecule has 1 unspecified atom stereocenters. The van der Waals surface area contributed by atoms with Crippen molar-refractivity contribution in [2.45, 2.75) is 71.3 Å². The van der Waals surface area contributed by atoms with Crippen LogP contribution in [0.25, 0.3) is 0 Å². The van der Waals surface area contributed by atoms with Gasteiger partial charge in [0.2, 0.25) is 0 Å². The van der Waals surface area contributed by atoms with Crippen LogP contribution < -0.4 is 10.6 Å². The van der Waals surface area contributed by atoms with E-state index in [9.17, 15) is 9.59 Å². The Morgan fingerprint density at radius 2 is 1.87 bits per heavy atom. The van der Waals surface area contributed by atoms with Gasteiger partial charge in [-0.1, -0.05) is 19.3 Å². The number of hydrogen-bond acceptors (Lipinski definition) is 5. The second-order valence-corrected chi connectivity index (χ2v) is 10.2. The van der Waals surface area contributed by atoms with Gasteiger partial charge in [0.1, 0.15) is 5.82 Å². The zero-order chi connectivity index (χ0) is 21.8. The molecular formula is C24H32N4O2S. The maximum Gasteiger partial charge on any atom is 0.261 e. The van der Waals surface area contributed by atoms with E-state index in [1.54, 1.807) is 17.5 Å². The summed E-state index contributed by atoms with van der Waals surface area (Å²) in [4.78, 5) is 36.3. The molecular weight excluding hydrogens is 408 g/mol. The van der Waals surface area contributed by atoms with Gasteiger partial charge < -0.3 is 10.6 Å². The smallest absolute Gasteiger partial charge is 0.261 e. The van der Waals surface area contributed by atoms with Crippen LogP contribution in [0.1, 0.15) is 81.4 Å². The van der Waals surface area contributed by atoms with E-state index in [1.807, 2.05) is 19.9 Å². The maximum absolute atomic E-state index is 13.0. The van der Waals surface area contributed by atoms with E-state index < -0.39 is 0 Å². The summed E-state index contributed by atoms with van der Waals surface area (Å²) in [5.41, 5.74) is 1.18. The maximum atomic E-state index is 13.0. The van der Waals surface area contributed by atoms with Crippen molar-refractivity contribution >= 4 is 23.2 Å². The Hall–Kier alpha value is -2.28. The molecule has 0 bridgehead atoms. The van der Waals surface area contributed by atoms with E-state index in [1.165, 1.54) is 37.0 Å². The number of thiophene rings is 1. The summed E-state index contributed by atoms with van der Waals surface area (Å²) in [7, 11) is 0. The van der Waals surface area contributed by atoms with Crippen LogP contribution >= 0.6 is 11.3 Å². The minimum Gasteiger partial charge on any atom is -0.349 e. The van der Waals surface area contributed by atoms with Gasteiger partial charge in [-0.3, -0.25) is 9.59 Å². The highest BCUT2D eigenvalue weighted by atomic mass is 32.1. The molecule has 0 spiro atoms. The van der Waals surface area contributed by atoms with E-state index in [4.69, 9.17) is 0 Å². The molecule has 2 heterocycles. The summed E-state index contributed by atoms with van der Waals surface area (Å²) in [6.45, 7) is 4.09. The van der Waals surface area contributed by atoms with Crippen molar-refractivity contribution in [2.24, 2.45) is 11.8 Å². The summed E-state index contributed by atoms with van der Waals surface area (Å²) in [6, 6.07) is 3.92. The highest BCUT2D eigenvalue weighted by Gasteiger charge is 2.27. The lowest BCUT2D eigenvalue weighted by atomic mass is 9.83. The van der Waals surface area contributed by atoms with Crippen LogP contribution in [0.2, 0.25) is 0 Å². The molecule has 2 aromatic rings. The van der Waals surface area contributed by atoms with Gasteiger partial charge >= 0.3 is 0 Å². The van der Waals surface area contributed by atoms with Gasteiger partial charge in [0.25, 0.3) is 11.8 Å². The van der Waals surface area contributed by atoms with E-state index >= 15 is 0 Å². The van der Waals surface area contributed by atoms with Gasteiger partial charge in [0.05, 0.1) is 16.1 Å². The molecule has 7 heteroatoms. The first-order valence-electron chi connectivity index (χ1n) is 11.5. The van der Waals surface area contributed by atoms with Crippen molar-refractivity contribution in [2.75, 3.05) is 6.54 Å². The molecule has 1 atom stereocenters. The second kappa shape index (κ2) is 9.90. The van der Waals surface area contributed by atoms with Gasteiger partial charge in [-0.05, 0) is 69.9 Å². The normalized spacial score (nSPS) is 17.9. The Morgan fingerprint density at radius 1 is 1.10 bits per heavy atom. The third-order valence-electron chi connectivity index (χ3n) is 6.43. The van der Waals surface area contributed by atoms with E-state index in [2.05, 4.69) is 26.7 Å². The SMILES string of the molecule is Cc1ncc(C(=O)NC(CNC(=O)c2ccc(CC3CC3)s2)C2CCCCC2)c(C)n1. The number of hydrogen-bond donors (Lipinski definition) is 2. The fraction of sp³-hybridized carbons (Fsp3) is 0.583. The van der Waals surface area contributed by atoms with E-state index in [-0.39, 0.29) is 17.9 Å². The highest BCUT2D eigenvalue weighted by Crippen LogP contribution is 2.34. The van der Waals surface area contributed by atoms with Crippen molar-refractivity contribution < 1.29 is 9.59 Å². The first-order chi connectivity index (χ1) is 15.0. The summed E-state index contributed by atoms with van der Waals surface area (Å²) in [5, 5.41) is 6.26. The third kappa shape index (κ3) is 5.91. The summed E-state index contributed by atoms with van der Waals surface area (Å²) < 4.78 is 0. The Balaban J connectivity index is 1.40. The predicted octanol–water partition coefficient (Wildman–Crippen LogP) is 4.22. The molecule has 6 nitrogen and oxygen atoms in total. The number of aromatic nitrogens is 2. The molecule has 2 aliphatic carbocycles. The van der Waals surface area contributed by atoms with Crippen LogP contribution in [0.3, 0.4) is 0 Å². The van der Waals surface area contributed by atoms with Gasteiger partial charge in [-0.2, -0.15) is 0 Å². The van der Waals surface area contributed by atoms with Crippen LogP contribution in [0.5, 0.6) is 0 Å². The average molecular weight is 441 g/mol.